The number of benzene rings is 1. The van der Waals surface area contributed by atoms with Crippen LogP contribution in [-0.2, 0) is 25.6 Å². The summed E-state index contributed by atoms with van der Waals surface area (Å²) >= 11 is 0. The fourth-order valence-corrected chi connectivity index (χ4v) is 2.99. The number of carbonyl (C=O) groups is 1. The van der Waals surface area contributed by atoms with Crippen LogP contribution in [0.2, 0.25) is 0 Å². The van der Waals surface area contributed by atoms with Crippen molar-refractivity contribution in [3.8, 4) is 11.8 Å². The van der Waals surface area contributed by atoms with Gasteiger partial charge in [0, 0.05) is 13.5 Å². The molecule has 0 aromatic heterocycles. The molecule has 0 N–H and O–H groups in total. The molecule has 1 heterocycles. The molecular weight excluding hydrogens is 328 g/mol. The summed E-state index contributed by atoms with van der Waals surface area (Å²) in [6.07, 6.45) is 0.102. The zero-order valence-corrected chi connectivity index (χ0v) is 16.4. The number of ether oxygens (including phenoxy) is 3. The van der Waals surface area contributed by atoms with Gasteiger partial charge in [0.2, 0.25) is 0 Å². The van der Waals surface area contributed by atoms with Gasteiger partial charge in [-0.2, -0.15) is 0 Å². The molecule has 0 saturated carbocycles. The second-order valence-corrected chi connectivity index (χ2v) is 7.21. The molecule has 4 nitrogen and oxygen atoms in total. The highest BCUT2D eigenvalue weighted by atomic mass is 16.6. The monoisotopic (exact) mass is 358 g/mol. The molecule has 1 aromatic rings. The third-order valence-electron chi connectivity index (χ3n) is 5.37. The van der Waals surface area contributed by atoms with Crippen molar-refractivity contribution < 1.29 is 19.0 Å². The average molecular weight is 358 g/mol. The first-order valence-corrected chi connectivity index (χ1v) is 9.31. The Hall–Kier alpha value is -1.83. The molecule has 4 heteroatoms. The SMILES string of the molecule is COC(C)[C@@H](C)[C@H](C)CC#C[C@H]1OC(=O)[C@H](C)[C@H]1OCc1ccccc1. The van der Waals surface area contributed by atoms with Crippen LogP contribution in [0.5, 0.6) is 0 Å². The van der Waals surface area contributed by atoms with Crippen molar-refractivity contribution in [1.29, 1.82) is 0 Å². The second kappa shape index (κ2) is 9.75. The van der Waals surface area contributed by atoms with E-state index in [9.17, 15) is 4.79 Å². The van der Waals surface area contributed by atoms with Gasteiger partial charge in [-0.1, -0.05) is 56.0 Å². The Labute approximate surface area is 157 Å². The van der Waals surface area contributed by atoms with Crippen LogP contribution in [0.15, 0.2) is 30.3 Å². The summed E-state index contributed by atoms with van der Waals surface area (Å²) in [6, 6.07) is 9.92. The molecule has 1 aromatic carbocycles. The maximum atomic E-state index is 12.0. The van der Waals surface area contributed by atoms with Gasteiger partial charge in [-0.25, -0.2) is 0 Å². The fourth-order valence-electron chi connectivity index (χ4n) is 2.99. The van der Waals surface area contributed by atoms with Crippen molar-refractivity contribution in [3.05, 3.63) is 35.9 Å². The minimum atomic E-state index is -0.497. The Morgan fingerprint density at radius 3 is 2.54 bits per heavy atom. The van der Waals surface area contributed by atoms with E-state index in [0.29, 0.717) is 18.4 Å². The summed E-state index contributed by atoms with van der Waals surface area (Å²) in [5.74, 6) is 6.57. The van der Waals surface area contributed by atoms with E-state index in [4.69, 9.17) is 14.2 Å². The lowest BCUT2D eigenvalue weighted by Gasteiger charge is -2.23. The highest BCUT2D eigenvalue weighted by molar-refractivity contribution is 5.76. The molecule has 0 spiro atoms. The van der Waals surface area contributed by atoms with Crippen molar-refractivity contribution in [2.24, 2.45) is 17.8 Å². The molecule has 0 radical (unpaired) electrons. The van der Waals surface area contributed by atoms with Crippen molar-refractivity contribution >= 4 is 5.97 Å². The Balaban J connectivity index is 1.95. The van der Waals surface area contributed by atoms with E-state index in [1.165, 1.54) is 0 Å². The smallest absolute Gasteiger partial charge is 0.312 e. The highest BCUT2D eigenvalue weighted by Gasteiger charge is 2.42. The third-order valence-corrected chi connectivity index (χ3v) is 5.37. The number of hydrogen-bond acceptors (Lipinski definition) is 4. The zero-order valence-electron chi connectivity index (χ0n) is 16.4. The van der Waals surface area contributed by atoms with Crippen LogP contribution in [0.4, 0.5) is 0 Å². The maximum absolute atomic E-state index is 12.0. The van der Waals surface area contributed by atoms with Crippen molar-refractivity contribution in [2.75, 3.05) is 7.11 Å². The van der Waals surface area contributed by atoms with Crippen LogP contribution in [0.1, 0.15) is 39.7 Å². The zero-order chi connectivity index (χ0) is 19.1. The first kappa shape index (κ1) is 20.5. The van der Waals surface area contributed by atoms with Crippen molar-refractivity contribution in [2.45, 2.75) is 59.0 Å². The largest absolute Gasteiger partial charge is 0.446 e. The molecule has 2 rings (SSSR count). The lowest BCUT2D eigenvalue weighted by Crippen LogP contribution is -2.28. The summed E-state index contributed by atoms with van der Waals surface area (Å²) in [5.41, 5.74) is 1.07. The summed E-state index contributed by atoms with van der Waals surface area (Å²) in [4.78, 5) is 12.0. The van der Waals surface area contributed by atoms with Crippen LogP contribution < -0.4 is 0 Å². The molecular formula is C22H30O4. The van der Waals surface area contributed by atoms with Crippen molar-refractivity contribution in [3.63, 3.8) is 0 Å². The van der Waals surface area contributed by atoms with E-state index in [2.05, 4.69) is 32.6 Å². The van der Waals surface area contributed by atoms with Gasteiger partial charge in [-0.3, -0.25) is 4.79 Å². The van der Waals surface area contributed by atoms with E-state index in [1.54, 1.807) is 7.11 Å². The number of carbonyl (C=O) groups excluding carboxylic acids is 1. The lowest BCUT2D eigenvalue weighted by molar-refractivity contribution is -0.142. The number of cyclic esters (lactones) is 1. The number of esters is 1. The van der Waals surface area contributed by atoms with Crippen LogP contribution in [-0.4, -0.2) is 31.4 Å². The first-order chi connectivity index (χ1) is 12.4. The average Bonchev–Trinajstić information content (AvgIpc) is 2.93. The van der Waals surface area contributed by atoms with Gasteiger partial charge >= 0.3 is 5.97 Å². The van der Waals surface area contributed by atoms with Crippen molar-refractivity contribution in [1.82, 2.24) is 0 Å². The molecule has 1 fully saturated rings. The van der Waals surface area contributed by atoms with Gasteiger partial charge in [0.1, 0.15) is 6.10 Å². The van der Waals surface area contributed by atoms with Crippen LogP contribution in [0.25, 0.3) is 0 Å². The molecule has 1 aliphatic heterocycles. The maximum Gasteiger partial charge on any atom is 0.312 e. The highest BCUT2D eigenvalue weighted by Crippen LogP contribution is 2.26. The standard InChI is InChI=1S/C22H30O4/c1-15(16(2)18(4)24-5)10-9-13-20-21(17(3)22(23)26-20)25-14-19-11-7-6-8-12-19/h6-8,11-12,15-18,20-21H,10,14H2,1-5H3/t15-,16+,17-,18?,20-,21-/m1/s1. The Kier molecular flexibility index (Phi) is 7.68. The van der Waals surface area contributed by atoms with Gasteiger partial charge in [-0.05, 0) is 31.2 Å². The number of hydrogen-bond donors (Lipinski definition) is 0. The van der Waals surface area contributed by atoms with Crippen LogP contribution in [0, 0.1) is 29.6 Å². The summed E-state index contributed by atoms with van der Waals surface area (Å²) in [7, 11) is 1.73. The Bertz CT molecular complexity index is 631. The Morgan fingerprint density at radius 2 is 1.88 bits per heavy atom. The lowest BCUT2D eigenvalue weighted by atomic mass is 9.89. The van der Waals surface area contributed by atoms with Gasteiger partial charge in [0.05, 0.1) is 18.6 Å². The van der Waals surface area contributed by atoms with E-state index >= 15 is 0 Å². The summed E-state index contributed by atoms with van der Waals surface area (Å²) in [5, 5.41) is 0. The van der Waals surface area contributed by atoms with E-state index in [1.807, 2.05) is 37.3 Å². The van der Waals surface area contributed by atoms with Crippen LogP contribution >= 0.6 is 0 Å². The minimum absolute atomic E-state index is 0.193. The quantitative estimate of drug-likeness (QED) is 0.549. The molecule has 6 atom stereocenters. The van der Waals surface area contributed by atoms with E-state index in [-0.39, 0.29) is 24.1 Å². The number of rotatable bonds is 7. The second-order valence-electron chi connectivity index (χ2n) is 7.21. The molecule has 1 saturated heterocycles. The predicted molar refractivity (Wildman–Crippen MR) is 101 cm³/mol. The fraction of sp³-hybridized carbons (Fsp3) is 0.591. The number of methoxy groups -OCH3 is 1. The molecule has 1 aliphatic rings. The first-order valence-electron chi connectivity index (χ1n) is 9.31. The summed E-state index contributed by atoms with van der Waals surface area (Å²) < 4.78 is 16.8. The topological polar surface area (TPSA) is 44.8 Å². The molecule has 0 aliphatic carbocycles. The van der Waals surface area contributed by atoms with E-state index < -0.39 is 6.10 Å². The molecule has 0 amide bonds. The predicted octanol–water partition coefficient (Wildman–Crippen LogP) is 3.83. The Morgan fingerprint density at radius 1 is 1.19 bits per heavy atom. The van der Waals surface area contributed by atoms with Crippen LogP contribution in [0.3, 0.4) is 0 Å². The van der Waals surface area contributed by atoms with Gasteiger partial charge in [0.15, 0.2) is 6.10 Å². The van der Waals surface area contributed by atoms with Gasteiger partial charge < -0.3 is 14.2 Å². The molecule has 1 unspecified atom stereocenters. The molecule has 26 heavy (non-hydrogen) atoms. The van der Waals surface area contributed by atoms with Gasteiger partial charge in [0.25, 0.3) is 0 Å². The third kappa shape index (κ3) is 5.33. The molecule has 142 valence electrons. The normalized spacial score (nSPS) is 25.7. The van der Waals surface area contributed by atoms with Gasteiger partial charge in [-0.15, -0.1) is 0 Å². The van der Waals surface area contributed by atoms with E-state index in [0.717, 1.165) is 12.0 Å². The molecule has 0 bridgehead atoms. The summed E-state index contributed by atoms with van der Waals surface area (Å²) in [6.45, 7) is 8.70. The minimum Gasteiger partial charge on any atom is -0.446 e.